The molecule has 0 bridgehead atoms. The zero-order valence-corrected chi connectivity index (χ0v) is 13.9. The largest absolute Gasteiger partial charge is 0.409 e. The van der Waals surface area contributed by atoms with Crippen molar-refractivity contribution >= 4 is 28.3 Å². The highest BCUT2D eigenvalue weighted by Gasteiger charge is 2.51. The van der Waals surface area contributed by atoms with Gasteiger partial charge in [-0.1, -0.05) is 41.9 Å². The lowest BCUT2D eigenvalue weighted by molar-refractivity contribution is -0.191. The van der Waals surface area contributed by atoms with Crippen LogP contribution in [0.25, 0.3) is 10.8 Å². The van der Waals surface area contributed by atoms with Crippen LogP contribution in [0.3, 0.4) is 0 Å². The van der Waals surface area contributed by atoms with E-state index in [0.29, 0.717) is 15.8 Å². The Hall–Kier alpha value is -1.79. The molecule has 3 nitrogen and oxygen atoms in total. The van der Waals surface area contributed by atoms with Gasteiger partial charge in [-0.3, -0.25) is 10.2 Å². The summed E-state index contributed by atoms with van der Waals surface area (Å²) in [6.45, 7) is 3.21. The number of fused-ring (bicyclic) bond motifs is 1. The Kier molecular flexibility index (Phi) is 4.00. The third kappa shape index (κ3) is 2.84. The third-order valence-electron chi connectivity index (χ3n) is 4.25. The normalized spacial score (nSPS) is 19.5. The van der Waals surface area contributed by atoms with Gasteiger partial charge in [-0.25, -0.2) is 5.01 Å². The molecule has 1 saturated heterocycles. The van der Waals surface area contributed by atoms with Crippen molar-refractivity contribution in [3.63, 3.8) is 0 Å². The Morgan fingerprint density at radius 2 is 1.79 bits per heavy atom. The number of amides is 1. The van der Waals surface area contributed by atoms with Crippen LogP contribution in [0.15, 0.2) is 36.4 Å². The van der Waals surface area contributed by atoms with Gasteiger partial charge in [0.25, 0.3) is 0 Å². The zero-order chi connectivity index (χ0) is 17.7. The fourth-order valence-corrected chi connectivity index (χ4v) is 3.25. The number of benzene rings is 2. The molecule has 1 aliphatic heterocycles. The Morgan fingerprint density at radius 3 is 2.33 bits per heavy atom. The van der Waals surface area contributed by atoms with Gasteiger partial charge in [0.2, 0.25) is 5.91 Å². The van der Waals surface area contributed by atoms with E-state index in [1.807, 2.05) is 0 Å². The molecule has 1 aliphatic rings. The number of hydrogen-bond donors (Lipinski definition) is 1. The van der Waals surface area contributed by atoms with Crippen LogP contribution < -0.4 is 5.43 Å². The fraction of sp³-hybridized carbons (Fsp3) is 0.353. The van der Waals surface area contributed by atoms with E-state index < -0.39 is 23.5 Å². The summed E-state index contributed by atoms with van der Waals surface area (Å²) in [5.41, 5.74) is 1.56. The summed E-state index contributed by atoms with van der Waals surface area (Å²) >= 11 is 6.11. The zero-order valence-electron chi connectivity index (χ0n) is 13.1. The molecule has 7 heteroatoms. The van der Waals surface area contributed by atoms with E-state index in [2.05, 4.69) is 5.43 Å². The maximum absolute atomic E-state index is 13.8. The summed E-state index contributed by atoms with van der Waals surface area (Å²) in [6, 6.07) is 7.58. The monoisotopic (exact) mass is 356 g/mol. The average Bonchev–Trinajstić information content (AvgIpc) is 2.74. The van der Waals surface area contributed by atoms with Gasteiger partial charge in [0.1, 0.15) is 0 Å². The smallest absolute Gasteiger partial charge is 0.287 e. The summed E-state index contributed by atoms with van der Waals surface area (Å²) in [6.07, 6.45) is -4.55. The molecule has 1 amide bonds. The predicted molar refractivity (Wildman–Crippen MR) is 86.4 cm³/mol. The van der Waals surface area contributed by atoms with Crippen LogP contribution in [-0.4, -0.2) is 23.6 Å². The van der Waals surface area contributed by atoms with Crippen molar-refractivity contribution in [1.82, 2.24) is 10.4 Å². The second-order valence-corrected chi connectivity index (χ2v) is 6.99. The lowest BCUT2D eigenvalue weighted by Gasteiger charge is -2.30. The van der Waals surface area contributed by atoms with Gasteiger partial charge in [-0.15, -0.1) is 0 Å². The maximum atomic E-state index is 13.8. The first-order valence-electron chi connectivity index (χ1n) is 7.43. The van der Waals surface area contributed by atoms with E-state index in [0.717, 1.165) is 5.01 Å². The molecule has 0 radical (unpaired) electrons. The number of hydrogen-bond acceptors (Lipinski definition) is 2. The second-order valence-electron chi connectivity index (χ2n) is 6.58. The summed E-state index contributed by atoms with van der Waals surface area (Å²) in [7, 11) is 0. The highest BCUT2D eigenvalue weighted by molar-refractivity contribution is 6.35. The van der Waals surface area contributed by atoms with Crippen molar-refractivity contribution in [2.45, 2.75) is 26.1 Å². The summed E-state index contributed by atoms with van der Waals surface area (Å²) in [5, 5.41) is 2.33. The van der Waals surface area contributed by atoms with E-state index in [4.69, 9.17) is 11.6 Å². The van der Waals surface area contributed by atoms with E-state index in [1.54, 1.807) is 38.1 Å². The molecule has 2 aromatic carbocycles. The van der Waals surface area contributed by atoms with Crippen molar-refractivity contribution in [2.24, 2.45) is 5.41 Å². The van der Waals surface area contributed by atoms with Crippen LogP contribution in [-0.2, 0) is 4.79 Å². The highest BCUT2D eigenvalue weighted by Crippen LogP contribution is 2.43. The van der Waals surface area contributed by atoms with Crippen molar-refractivity contribution < 1.29 is 18.0 Å². The molecule has 1 heterocycles. The molecule has 0 aliphatic carbocycles. The topological polar surface area (TPSA) is 32.3 Å². The molecule has 0 unspecified atom stereocenters. The molecule has 0 spiro atoms. The summed E-state index contributed by atoms with van der Waals surface area (Å²) in [5.74, 6) is -0.421. The summed E-state index contributed by atoms with van der Waals surface area (Å²) in [4.78, 5) is 11.9. The fourth-order valence-electron chi connectivity index (χ4n) is 3.02. The molecule has 0 aromatic heterocycles. The quantitative estimate of drug-likeness (QED) is 0.861. The van der Waals surface area contributed by atoms with Crippen molar-refractivity contribution in [2.75, 3.05) is 6.54 Å². The first-order valence-corrected chi connectivity index (χ1v) is 7.80. The molecule has 0 saturated carbocycles. The number of rotatable bonds is 2. The van der Waals surface area contributed by atoms with Crippen LogP contribution in [0, 0.1) is 5.41 Å². The van der Waals surface area contributed by atoms with Crippen LogP contribution in [0.4, 0.5) is 13.2 Å². The third-order valence-corrected chi connectivity index (χ3v) is 4.58. The number of alkyl halides is 3. The van der Waals surface area contributed by atoms with Crippen LogP contribution in [0.5, 0.6) is 0 Å². The van der Waals surface area contributed by atoms with Gasteiger partial charge in [-0.05, 0) is 30.9 Å². The maximum Gasteiger partial charge on any atom is 0.409 e. The van der Waals surface area contributed by atoms with E-state index >= 15 is 0 Å². The van der Waals surface area contributed by atoms with Gasteiger partial charge in [0.05, 0.1) is 5.41 Å². The molecular formula is C17H16ClF3N2O. The van der Waals surface area contributed by atoms with Gasteiger partial charge in [0.15, 0.2) is 6.04 Å². The average molecular weight is 357 g/mol. The standard InChI is InChI=1S/C17H16ClF3N2O/c1-16(2)9-23(22-15(16)24)14(17(19,20)21)12-7-8-13(18)11-6-4-3-5-10(11)12/h3-8,14H,9H2,1-2H3,(H,22,24)/t14-/m0/s1. The van der Waals surface area contributed by atoms with Crippen LogP contribution >= 0.6 is 11.6 Å². The molecule has 1 atom stereocenters. The summed E-state index contributed by atoms with van der Waals surface area (Å²) < 4.78 is 41.5. The predicted octanol–water partition coefficient (Wildman–Crippen LogP) is 4.47. The molecule has 2 aromatic rings. The Labute approximate surface area is 142 Å². The van der Waals surface area contributed by atoms with E-state index in [9.17, 15) is 18.0 Å². The minimum absolute atomic E-state index is 0.0348. The van der Waals surface area contributed by atoms with Crippen LogP contribution in [0.1, 0.15) is 25.5 Å². The Morgan fingerprint density at radius 1 is 1.17 bits per heavy atom. The Balaban J connectivity index is 2.16. The minimum atomic E-state index is -4.55. The molecule has 1 N–H and O–H groups in total. The van der Waals surface area contributed by atoms with E-state index in [-0.39, 0.29) is 12.1 Å². The molecule has 128 valence electrons. The first kappa shape index (κ1) is 17.0. The number of hydrazine groups is 1. The van der Waals surface area contributed by atoms with Crippen molar-refractivity contribution in [1.29, 1.82) is 0 Å². The van der Waals surface area contributed by atoms with Crippen LogP contribution in [0.2, 0.25) is 5.02 Å². The van der Waals surface area contributed by atoms with Gasteiger partial charge in [0, 0.05) is 17.0 Å². The second kappa shape index (κ2) is 5.63. The highest BCUT2D eigenvalue weighted by atomic mass is 35.5. The SMILES string of the molecule is CC1(C)CN([C@@H](c2ccc(Cl)c3ccccc23)C(F)(F)F)NC1=O. The first-order chi connectivity index (χ1) is 11.1. The number of nitrogens with zero attached hydrogens (tertiary/aromatic N) is 1. The molecule has 24 heavy (non-hydrogen) atoms. The Bertz CT molecular complexity index is 804. The lowest BCUT2D eigenvalue weighted by Crippen LogP contribution is -2.43. The minimum Gasteiger partial charge on any atom is -0.287 e. The van der Waals surface area contributed by atoms with Crippen molar-refractivity contribution in [3.8, 4) is 0 Å². The number of nitrogens with one attached hydrogen (secondary N) is 1. The van der Waals surface area contributed by atoms with Gasteiger partial charge >= 0.3 is 6.18 Å². The van der Waals surface area contributed by atoms with Gasteiger partial charge in [-0.2, -0.15) is 13.2 Å². The van der Waals surface area contributed by atoms with Gasteiger partial charge < -0.3 is 0 Å². The molecular weight excluding hydrogens is 341 g/mol. The van der Waals surface area contributed by atoms with E-state index in [1.165, 1.54) is 12.1 Å². The lowest BCUT2D eigenvalue weighted by atomic mass is 9.93. The number of carbonyl (C=O) groups excluding carboxylic acids is 1. The number of carbonyl (C=O) groups is 1. The molecule has 1 fully saturated rings. The van der Waals surface area contributed by atoms with Crippen molar-refractivity contribution in [3.05, 3.63) is 47.0 Å². The number of halogens is 4. The molecule has 3 rings (SSSR count).